The van der Waals surface area contributed by atoms with Gasteiger partial charge in [-0.25, -0.2) is 4.39 Å². The second kappa shape index (κ2) is 10.1. The van der Waals surface area contributed by atoms with Crippen LogP contribution >= 0.6 is 11.3 Å². The van der Waals surface area contributed by atoms with Gasteiger partial charge in [0.25, 0.3) is 0 Å². The number of rotatable bonds is 8. The second-order valence-corrected chi connectivity index (χ2v) is 8.93. The SMILES string of the molecule is CCN(CC(=O)N1CCc2sccc2C1COc1cccc(F)c1)C(=O)CC(C)C. The van der Waals surface area contributed by atoms with Crippen molar-refractivity contribution < 1.29 is 18.7 Å². The summed E-state index contributed by atoms with van der Waals surface area (Å²) in [5.74, 6) is 0.243. The van der Waals surface area contributed by atoms with Gasteiger partial charge in [-0.1, -0.05) is 19.9 Å². The molecular formula is C23H29FN2O3S. The van der Waals surface area contributed by atoms with Gasteiger partial charge in [0.2, 0.25) is 11.8 Å². The number of hydrogen-bond acceptors (Lipinski definition) is 4. The maximum Gasteiger partial charge on any atom is 0.242 e. The molecule has 0 radical (unpaired) electrons. The van der Waals surface area contributed by atoms with Gasteiger partial charge in [-0.05, 0) is 48.4 Å². The van der Waals surface area contributed by atoms with Gasteiger partial charge in [-0.15, -0.1) is 11.3 Å². The van der Waals surface area contributed by atoms with E-state index in [0.717, 1.165) is 12.0 Å². The molecule has 0 N–H and O–H groups in total. The van der Waals surface area contributed by atoms with E-state index in [1.807, 2.05) is 32.2 Å². The highest BCUT2D eigenvalue weighted by Crippen LogP contribution is 2.34. The van der Waals surface area contributed by atoms with Crippen molar-refractivity contribution >= 4 is 23.2 Å². The first kappa shape index (κ1) is 22.3. The largest absolute Gasteiger partial charge is 0.491 e. The van der Waals surface area contributed by atoms with Crippen LogP contribution < -0.4 is 4.74 Å². The first-order chi connectivity index (χ1) is 14.4. The molecule has 3 rings (SSSR count). The highest BCUT2D eigenvalue weighted by Gasteiger charge is 2.33. The van der Waals surface area contributed by atoms with E-state index in [9.17, 15) is 14.0 Å². The fraction of sp³-hybridized carbons (Fsp3) is 0.478. The first-order valence-electron chi connectivity index (χ1n) is 10.4. The molecule has 5 nitrogen and oxygen atoms in total. The Hall–Kier alpha value is -2.41. The third-order valence-electron chi connectivity index (χ3n) is 5.26. The summed E-state index contributed by atoms with van der Waals surface area (Å²) in [5.41, 5.74) is 1.08. The Morgan fingerprint density at radius 1 is 1.33 bits per heavy atom. The standard InChI is InChI=1S/C23H29FN2O3S/c1-4-25(22(27)12-16(2)3)14-23(28)26-10-8-21-19(9-11-30-21)20(26)15-29-18-7-5-6-17(24)13-18/h5-7,9,11,13,16,20H,4,8,10,12,14-15H2,1-3H3. The number of amides is 2. The zero-order chi connectivity index (χ0) is 21.7. The van der Waals surface area contributed by atoms with E-state index in [1.165, 1.54) is 17.0 Å². The molecule has 1 aliphatic rings. The van der Waals surface area contributed by atoms with E-state index < -0.39 is 0 Å². The minimum atomic E-state index is -0.359. The van der Waals surface area contributed by atoms with Crippen molar-refractivity contribution in [1.82, 2.24) is 9.80 Å². The third-order valence-corrected chi connectivity index (χ3v) is 6.26. The number of benzene rings is 1. The Balaban J connectivity index is 1.74. The van der Waals surface area contributed by atoms with Gasteiger partial charge in [0, 0.05) is 30.5 Å². The van der Waals surface area contributed by atoms with Crippen LogP contribution in [0.5, 0.6) is 5.75 Å². The molecule has 2 amide bonds. The third kappa shape index (κ3) is 5.39. The molecule has 1 unspecified atom stereocenters. The van der Waals surface area contributed by atoms with Gasteiger partial charge in [0.05, 0.1) is 12.6 Å². The number of carbonyl (C=O) groups is 2. The summed E-state index contributed by atoms with van der Waals surface area (Å²) in [7, 11) is 0. The summed E-state index contributed by atoms with van der Waals surface area (Å²) in [6.07, 6.45) is 1.23. The summed E-state index contributed by atoms with van der Waals surface area (Å²) >= 11 is 1.68. The molecule has 2 heterocycles. The number of carbonyl (C=O) groups excluding carboxylic acids is 2. The summed E-state index contributed by atoms with van der Waals surface area (Å²) < 4.78 is 19.3. The highest BCUT2D eigenvalue weighted by atomic mass is 32.1. The molecule has 2 aromatic rings. The number of thiophene rings is 1. The number of hydrogen-bond donors (Lipinski definition) is 0. The van der Waals surface area contributed by atoms with E-state index in [4.69, 9.17) is 4.74 Å². The summed E-state index contributed by atoms with van der Waals surface area (Å²) in [4.78, 5) is 30.3. The molecule has 0 saturated carbocycles. The Morgan fingerprint density at radius 2 is 2.13 bits per heavy atom. The van der Waals surface area contributed by atoms with Crippen molar-refractivity contribution in [2.45, 2.75) is 39.7 Å². The van der Waals surface area contributed by atoms with Crippen molar-refractivity contribution in [3.05, 3.63) is 52.0 Å². The molecule has 0 fully saturated rings. The van der Waals surface area contributed by atoms with Gasteiger partial charge in [-0.3, -0.25) is 9.59 Å². The molecule has 0 bridgehead atoms. The molecule has 162 valence electrons. The van der Waals surface area contributed by atoms with Gasteiger partial charge in [-0.2, -0.15) is 0 Å². The predicted octanol–water partition coefficient (Wildman–Crippen LogP) is 4.29. The zero-order valence-corrected chi connectivity index (χ0v) is 18.6. The van der Waals surface area contributed by atoms with Crippen LogP contribution in [0, 0.1) is 11.7 Å². The molecule has 1 aromatic carbocycles. The van der Waals surface area contributed by atoms with Crippen LogP contribution in [0.1, 0.15) is 43.7 Å². The molecular weight excluding hydrogens is 403 g/mol. The number of ether oxygens (including phenoxy) is 1. The van der Waals surface area contributed by atoms with Crippen LogP contribution in [0.2, 0.25) is 0 Å². The van der Waals surface area contributed by atoms with Crippen molar-refractivity contribution in [3.63, 3.8) is 0 Å². The van der Waals surface area contributed by atoms with E-state index >= 15 is 0 Å². The fourth-order valence-electron chi connectivity index (χ4n) is 3.72. The quantitative estimate of drug-likeness (QED) is 0.625. The van der Waals surface area contributed by atoms with Gasteiger partial charge >= 0.3 is 0 Å². The first-order valence-corrected chi connectivity index (χ1v) is 11.3. The van der Waals surface area contributed by atoms with Crippen LogP contribution in [-0.2, 0) is 16.0 Å². The van der Waals surface area contributed by atoms with E-state index in [-0.39, 0.29) is 42.7 Å². The second-order valence-electron chi connectivity index (χ2n) is 7.93. The smallest absolute Gasteiger partial charge is 0.242 e. The number of fused-ring (bicyclic) bond motifs is 1. The van der Waals surface area contributed by atoms with Crippen LogP contribution in [0.3, 0.4) is 0 Å². The number of likely N-dealkylation sites (N-methyl/N-ethyl adjacent to an activating group) is 1. The van der Waals surface area contributed by atoms with E-state index in [1.54, 1.807) is 33.3 Å². The maximum absolute atomic E-state index is 13.5. The normalized spacial score (nSPS) is 15.8. The van der Waals surface area contributed by atoms with Crippen molar-refractivity contribution in [1.29, 1.82) is 0 Å². The molecule has 0 saturated heterocycles. The Morgan fingerprint density at radius 3 is 2.83 bits per heavy atom. The van der Waals surface area contributed by atoms with Crippen LogP contribution in [0.4, 0.5) is 4.39 Å². The summed E-state index contributed by atoms with van der Waals surface area (Å²) in [6, 6.07) is 7.79. The number of nitrogens with zero attached hydrogens (tertiary/aromatic N) is 2. The van der Waals surface area contributed by atoms with Gasteiger partial charge < -0.3 is 14.5 Å². The van der Waals surface area contributed by atoms with E-state index in [2.05, 4.69) is 0 Å². The molecule has 1 atom stereocenters. The van der Waals surface area contributed by atoms with Crippen molar-refractivity contribution in [2.24, 2.45) is 5.92 Å². The average molecular weight is 433 g/mol. The van der Waals surface area contributed by atoms with Crippen LogP contribution in [-0.4, -0.2) is 47.9 Å². The lowest BCUT2D eigenvalue weighted by Crippen LogP contribution is -2.47. The Bertz CT molecular complexity index is 883. The van der Waals surface area contributed by atoms with Gasteiger partial charge in [0.1, 0.15) is 18.2 Å². The molecule has 1 aromatic heterocycles. The average Bonchev–Trinajstić information content (AvgIpc) is 3.18. The minimum absolute atomic E-state index is 0.00152. The van der Waals surface area contributed by atoms with Crippen LogP contribution in [0.25, 0.3) is 0 Å². The Labute approximate surface area is 181 Å². The molecule has 0 spiro atoms. The van der Waals surface area contributed by atoms with Gasteiger partial charge in [0.15, 0.2) is 0 Å². The lowest BCUT2D eigenvalue weighted by Gasteiger charge is -2.37. The monoisotopic (exact) mass is 432 g/mol. The predicted molar refractivity (Wildman–Crippen MR) is 116 cm³/mol. The topological polar surface area (TPSA) is 49.9 Å². The maximum atomic E-state index is 13.5. The molecule has 7 heteroatoms. The van der Waals surface area contributed by atoms with Crippen molar-refractivity contribution in [2.75, 3.05) is 26.2 Å². The fourth-order valence-corrected chi connectivity index (χ4v) is 4.64. The lowest BCUT2D eigenvalue weighted by atomic mass is 10.0. The lowest BCUT2D eigenvalue weighted by molar-refractivity contribution is -0.143. The molecule has 1 aliphatic heterocycles. The zero-order valence-electron chi connectivity index (χ0n) is 17.8. The van der Waals surface area contributed by atoms with Crippen LogP contribution in [0.15, 0.2) is 35.7 Å². The summed E-state index contributed by atoms with van der Waals surface area (Å²) in [6.45, 7) is 7.27. The molecule has 30 heavy (non-hydrogen) atoms. The summed E-state index contributed by atoms with van der Waals surface area (Å²) in [5, 5.41) is 2.03. The van der Waals surface area contributed by atoms with E-state index in [0.29, 0.717) is 25.3 Å². The van der Waals surface area contributed by atoms with Crippen molar-refractivity contribution in [3.8, 4) is 5.75 Å². The highest BCUT2D eigenvalue weighted by molar-refractivity contribution is 7.10. The molecule has 0 aliphatic carbocycles. The number of halogens is 1. The Kier molecular flexibility index (Phi) is 7.48. The minimum Gasteiger partial charge on any atom is -0.491 e.